The van der Waals surface area contributed by atoms with Crippen LogP contribution >= 0.6 is 0 Å². The molecule has 4 nitrogen and oxygen atoms in total. The molecule has 1 aromatic rings. The number of aryl methyl sites for hydroxylation is 2. The summed E-state index contributed by atoms with van der Waals surface area (Å²) < 4.78 is 138. The Kier molecular flexibility index (Phi) is 10.5. The number of halogens is 9. The average molecular weight is 505 g/mol. The van der Waals surface area contributed by atoms with Crippen molar-refractivity contribution >= 4 is 10.1 Å². The van der Waals surface area contributed by atoms with Crippen molar-refractivity contribution in [2.45, 2.75) is 76.3 Å². The van der Waals surface area contributed by atoms with E-state index in [1.54, 1.807) is 0 Å². The van der Waals surface area contributed by atoms with Gasteiger partial charge in [-0.1, -0.05) is 26.7 Å². The summed E-state index contributed by atoms with van der Waals surface area (Å²) >= 11 is 0. The number of unbranched alkanes of at least 4 members (excludes halogenated alkanes) is 1. The SMILES string of the molecule is CCC(C)CCCC[n+]1cccc(C)c1.O=S(=O)([O-])C(F)(F)C(F)(F)C(F)(F)C(F)(F)F. The Morgan fingerprint density at radius 2 is 1.53 bits per heavy atom. The summed E-state index contributed by atoms with van der Waals surface area (Å²) in [6, 6.07) is 4.28. The third kappa shape index (κ3) is 7.49. The van der Waals surface area contributed by atoms with E-state index in [-0.39, 0.29) is 0 Å². The van der Waals surface area contributed by atoms with Crippen LogP contribution in [0.2, 0.25) is 0 Å². The molecular formula is C18H24F9NO3S. The summed E-state index contributed by atoms with van der Waals surface area (Å²) in [4.78, 5) is 0. The number of alkyl halides is 9. The fraction of sp³-hybridized carbons (Fsp3) is 0.722. The average Bonchev–Trinajstić information content (AvgIpc) is 2.63. The minimum Gasteiger partial charge on any atom is -0.743 e. The molecule has 1 unspecified atom stereocenters. The van der Waals surface area contributed by atoms with Crippen LogP contribution in [-0.2, 0) is 16.7 Å². The van der Waals surface area contributed by atoms with Gasteiger partial charge in [0.1, 0.15) is 6.54 Å². The monoisotopic (exact) mass is 505 g/mol. The summed E-state index contributed by atoms with van der Waals surface area (Å²) in [5, 5.41) is -7.11. The van der Waals surface area contributed by atoms with E-state index in [4.69, 9.17) is 0 Å². The van der Waals surface area contributed by atoms with Crippen LogP contribution in [0.15, 0.2) is 24.5 Å². The van der Waals surface area contributed by atoms with Gasteiger partial charge in [0.15, 0.2) is 22.5 Å². The predicted molar refractivity (Wildman–Crippen MR) is 95.3 cm³/mol. The van der Waals surface area contributed by atoms with Gasteiger partial charge in [-0.05, 0) is 25.3 Å². The van der Waals surface area contributed by atoms with E-state index in [9.17, 15) is 52.5 Å². The Labute approximate surface area is 180 Å². The van der Waals surface area contributed by atoms with Gasteiger partial charge in [-0.2, -0.15) is 39.5 Å². The topological polar surface area (TPSA) is 61.1 Å². The highest BCUT2D eigenvalue weighted by Gasteiger charge is 2.83. The molecule has 0 N–H and O–H groups in total. The van der Waals surface area contributed by atoms with Gasteiger partial charge in [-0.3, -0.25) is 0 Å². The molecule has 0 aliphatic heterocycles. The number of rotatable bonds is 9. The van der Waals surface area contributed by atoms with Crippen LogP contribution in [0.4, 0.5) is 39.5 Å². The Morgan fingerprint density at radius 3 is 1.94 bits per heavy atom. The summed E-state index contributed by atoms with van der Waals surface area (Å²) in [5.74, 6) is -13.9. The molecule has 1 aromatic heterocycles. The van der Waals surface area contributed by atoms with Gasteiger partial charge in [-0.25, -0.2) is 13.0 Å². The van der Waals surface area contributed by atoms with Crippen molar-refractivity contribution in [3.63, 3.8) is 0 Å². The minimum absolute atomic E-state index is 0.896. The van der Waals surface area contributed by atoms with E-state index in [0.717, 1.165) is 12.5 Å². The van der Waals surface area contributed by atoms with Crippen LogP contribution in [0.25, 0.3) is 0 Å². The summed E-state index contributed by atoms with van der Waals surface area (Å²) in [7, 11) is -7.42. The normalized spacial score (nSPS) is 14.5. The van der Waals surface area contributed by atoms with Crippen LogP contribution in [0.1, 0.15) is 45.1 Å². The molecule has 1 heterocycles. The Bertz CT molecular complexity index is 827. The van der Waals surface area contributed by atoms with Crippen molar-refractivity contribution in [3.05, 3.63) is 30.1 Å². The fourth-order valence-electron chi connectivity index (χ4n) is 2.30. The zero-order valence-electron chi connectivity index (χ0n) is 17.4. The van der Waals surface area contributed by atoms with Crippen molar-refractivity contribution in [2.75, 3.05) is 0 Å². The quantitative estimate of drug-likeness (QED) is 0.194. The first-order valence-corrected chi connectivity index (χ1v) is 10.7. The molecule has 1 atom stereocenters. The first-order chi connectivity index (χ1) is 14.2. The summed E-state index contributed by atoms with van der Waals surface area (Å²) in [6.45, 7) is 7.94. The van der Waals surface area contributed by atoms with E-state index in [0.29, 0.717) is 0 Å². The molecule has 188 valence electrons. The highest BCUT2D eigenvalue weighted by molar-refractivity contribution is 7.86. The van der Waals surface area contributed by atoms with Crippen LogP contribution in [0.5, 0.6) is 0 Å². The Balaban J connectivity index is 0.000000604. The number of pyridine rings is 1. The third-order valence-corrected chi connectivity index (χ3v) is 5.38. The molecule has 32 heavy (non-hydrogen) atoms. The largest absolute Gasteiger partial charge is 0.743 e. The maximum atomic E-state index is 12.2. The van der Waals surface area contributed by atoms with Gasteiger partial charge in [0.25, 0.3) is 0 Å². The van der Waals surface area contributed by atoms with Crippen molar-refractivity contribution in [1.82, 2.24) is 0 Å². The lowest BCUT2D eigenvalue weighted by atomic mass is 10.0. The van der Waals surface area contributed by atoms with Gasteiger partial charge in [0.05, 0.1) is 0 Å². The van der Waals surface area contributed by atoms with Gasteiger partial charge >= 0.3 is 23.3 Å². The minimum atomic E-state index is -7.43. The first kappa shape index (κ1) is 30.4. The second-order valence-electron chi connectivity index (χ2n) is 7.25. The first-order valence-electron chi connectivity index (χ1n) is 9.33. The molecule has 0 saturated carbocycles. The highest BCUT2D eigenvalue weighted by Crippen LogP contribution is 2.54. The van der Waals surface area contributed by atoms with Crippen LogP contribution in [-0.4, -0.2) is 36.2 Å². The van der Waals surface area contributed by atoms with Crippen molar-refractivity contribution < 1.29 is 57.1 Å². The molecule has 0 bridgehead atoms. The number of hydrogen-bond donors (Lipinski definition) is 0. The molecule has 1 rings (SSSR count). The molecule has 14 heteroatoms. The van der Waals surface area contributed by atoms with E-state index < -0.39 is 33.4 Å². The molecule has 0 radical (unpaired) electrons. The van der Waals surface area contributed by atoms with Crippen LogP contribution in [0.3, 0.4) is 0 Å². The van der Waals surface area contributed by atoms with Crippen LogP contribution in [0, 0.1) is 12.8 Å². The number of nitrogens with zero attached hydrogens (tertiary/aromatic N) is 1. The molecule has 0 saturated heterocycles. The second-order valence-corrected chi connectivity index (χ2v) is 8.67. The summed E-state index contributed by atoms with van der Waals surface area (Å²) in [6.07, 6.45) is 2.58. The molecule has 0 spiro atoms. The third-order valence-electron chi connectivity index (χ3n) is 4.50. The maximum absolute atomic E-state index is 12.2. The van der Waals surface area contributed by atoms with Crippen molar-refractivity contribution in [1.29, 1.82) is 0 Å². The van der Waals surface area contributed by atoms with Gasteiger partial charge < -0.3 is 4.55 Å². The number of hydrogen-bond acceptors (Lipinski definition) is 3. The number of aromatic nitrogens is 1. The van der Waals surface area contributed by atoms with Gasteiger partial charge in [0.2, 0.25) is 0 Å². The van der Waals surface area contributed by atoms with Gasteiger partial charge in [0, 0.05) is 18.1 Å². The van der Waals surface area contributed by atoms with Crippen molar-refractivity contribution in [2.24, 2.45) is 5.92 Å². The Hall–Kier alpha value is -1.57. The maximum Gasteiger partial charge on any atom is 0.460 e. The molecule has 0 amide bonds. The molecule has 0 fully saturated rings. The highest BCUT2D eigenvalue weighted by atomic mass is 32.2. The van der Waals surface area contributed by atoms with Crippen LogP contribution < -0.4 is 4.57 Å². The molecule has 0 aliphatic carbocycles. The Morgan fingerprint density at radius 1 is 1.00 bits per heavy atom. The van der Waals surface area contributed by atoms with E-state index in [2.05, 4.69) is 49.9 Å². The summed E-state index contributed by atoms with van der Waals surface area (Å²) in [5.41, 5.74) is 1.35. The lowest BCUT2D eigenvalue weighted by Crippen LogP contribution is -2.63. The zero-order chi connectivity index (χ0) is 25.6. The lowest BCUT2D eigenvalue weighted by Gasteiger charge is -2.34. The smallest absolute Gasteiger partial charge is 0.460 e. The fourth-order valence-corrected chi connectivity index (χ4v) is 2.74. The predicted octanol–water partition coefficient (Wildman–Crippen LogP) is 5.46. The standard InChI is InChI=1S/C14H24N.C4HF9O3S/c1-4-13(2)8-5-6-10-15-11-7-9-14(3)12-15;5-1(6,3(9,10)11)2(7,8)4(12,13)17(14,15)16/h7,9,11-13H,4-6,8,10H2,1-3H3;(H,14,15,16)/q+1;/p-1. The van der Waals surface area contributed by atoms with E-state index in [1.165, 1.54) is 31.2 Å². The van der Waals surface area contributed by atoms with E-state index >= 15 is 0 Å². The molecule has 0 aromatic carbocycles. The van der Waals surface area contributed by atoms with Crippen molar-refractivity contribution in [3.8, 4) is 0 Å². The van der Waals surface area contributed by atoms with Gasteiger partial charge in [-0.15, -0.1) is 0 Å². The zero-order valence-corrected chi connectivity index (χ0v) is 18.2. The van der Waals surface area contributed by atoms with E-state index in [1.807, 2.05) is 0 Å². The lowest BCUT2D eigenvalue weighted by molar-refractivity contribution is -0.697. The molecule has 0 aliphatic rings. The second kappa shape index (κ2) is 11.0. The molecular weight excluding hydrogens is 481 g/mol.